The second-order valence-electron chi connectivity index (χ2n) is 6.72. The number of nitrogens with zero attached hydrogens (tertiary/aromatic N) is 3. The molecule has 2 amide bonds. The lowest BCUT2D eigenvalue weighted by molar-refractivity contribution is -0.144. The molecule has 1 fully saturated rings. The van der Waals surface area contributed by atoms with Crippen molar-refractivity contribution in [1.29, 1.82) is 0 Å². The van der Waals surface area contributed by atoms with Crippen LogP contribution in [0.1, 0.15) is 24.1 Å². The predicted octanol–water partition coefficient (Wildman–Crippen LogP) is 1.82. The molecule has 1 aliphatic rings. The number of pyridine rings is 1. The van der Waals surface area contributed by atoms with E-state index in [-0.39, 0.29) is 17.9 Å². The molecule has 0 bridgehead atoms. The van der Waals surface area contributed by atoms with Crippen LogP contribution in [0.2, 0.25) is 0 Å². The van der Waals surface area contributed by atoms with E-state index in [1.165, 1.54) is 17.4 Å². The normalized spacial score (nSPS) is 15.2. The number of nitrogens with two attached hydrogens (primary N) is 1. The van der Waals surface area contributed by atoms with Gasteiger partial charge in [0.15, 0.2) is 0 Å². The second-order valence-corrected chi connectivity index (χ2v) is 7.84. The van der Waals surface area contributed by atoms with Crippen molar-refractivity contribution in [3.05, 3.63) is 29.3 Å². The van der Waals surface area contributed by atoms with Crippen LogP contribution in [0.3, 0.4) is 0 Å². The summed E-state index contributed by atoms with van der Waals surface area (Å²) >= 11 is 1.54. The number of nitrogen functional groups attached to an aromatic ring is 1. The number of carbonyl (C=O) groups is 3. The van der Waals surface area contributed by atoms with Crippen LogP contribution in [0.4, 0.5) is 5.82 Å². The number of anilines is 1. The van der Waals surface area contributed by atoms with Gasteiger partial charge in [-0.15, -0.1) is 11.3 Å². The molecule has 0 aromatic carbocycles. The number of carboxylic acid groups (broad SMARTS) is 1. The van der Waals surface area contributed by atoms with Crippen molar-refractivity contribution in [1.82, 2.24) is 14.8 Å². The lowest BCUT2D eigenvalue weighted by atomic mass is 10.0. The van der Waals surface area contributed by atoms with Gasteiger partial charge in [-0.05, 0) is 31.1 Å². The third-order valence-corrected chi connectivity index (χ3v) is 5.97. The Balaban J connectivity index is 1.57. The molecule has 2 aromatic heterocycles. The number of aromatic nitrogens is 1. The minimum Gasteiger partial charge on any atom is -0.481 e. The van der Waals surface area contributed by atoms with Crippen molar-refractivity contribution in [2.24, 2.45) is 0 Å². The van der Waals surface area contributed by atoms with Crippen molar-refractivity contribution in [2.75, 3.05) is 25.9 Å². The molecular formula is C19H22N4O4S. The number of carboxylic acids is 1. The maximum atomic E-state index is 12.5. The van der Waals surface area contributed by atoms with E-state index in [0.29, 0.717) is 31.7 Å². The Morgan fingerprint density at radius 2 is 2.11 bits per heavy atom. The average molecular weight is 402 g/mol. The lowest BCUT2D eigenvalue weighted by Crippen LogP contribution is -2.47. The number of rotatable bonds is 5. The molecule has 0 radical (unpaired) electrons. The molecule has 28 heavy (non-hydrogen) atoms. The minimum atomic E-state index is -1.12. The summed E-state index contributed by atoms with van der Waals surface area (Å²) in [4.78, 5) is 43.2. The van der Waals surface area contributed by atoms with Gasteiger partial charge in [0.05, 0.1) is 0 Å². The first-order valence-corrected chi connectivity index (χ1v) is 9.75. The van der Waals surface area contributed by atoms with Crippen LogP contribution in [0, 0.1) is 0 Å². The highest BCUT2D eigenvalue weighted by molar-refractivity contribution is 7.19. The Morgan fingerprint density at radius 1 is 1.39 bits per heavy atom. The van der Waals surface area contributed by atoms with Crippen LogP contribution in [0.5, 0.6) is 0 Å². The largest absolute Gasteiger partial charge is 0.481 e. The van der Waals surface area contributed by atoms with Crippen molar-refractivity contribution < 1.29 is 19.5 Å². The van der Waals surface area contributed by atoms with E-state index >= 15 is 0 Å². The van der Waals surface area contributed by atoms with Crippen LogP contribution in [0.25, 0.3) is 16.2 Å². The van der Waals surface area contributed by atoms with Gasteiger partial charge < -0.3 is 20.6 Å². The fourth-order valence-corrected chi connectivity index (χ4v) is 4.25. The third-order valence-electron chi connectivity index (χ3n) is 4.90. The first-order chi connectivity index (χ1) is 13.3. The maximum Gasteiger partial charge on any atom is 0.312 e. The smallest absolute Gasteiger partial charge is 0.312 e. The van der Waals surface area contributed by atoms with Crippen molar-refractivity contribution >= 4 is 51.1 Å². The van der Waals surface area contributed by atoms with Gasteiger partial charge in [-0.2, -0.15) is 0 Å². The predicted molar refractivity (Wildman–Crippen MR) is 108 cm³/mol. The second kappa shape index (κ2) is 8.39. The molecule has 3 rings (SSSR count). The van der Waals surface area contributed by atoms with E-state index in [9.17, 15) is 14.4 Å². The quantitative estimate of drug-likeness (QED) is 0.582. The molecule has 3 N–H and O–H groups in total. The molecule has 3 heterocycles. The Bertz CT molecular complexity index is 931. The van der Waals surface area contributed by atoms with E-state index in [1.54, 1.807) is 29.1 Å². The Kier molecular flexibility index (Phi) is 5.93. The highest BCUT2D eigenvalue weighted by Crippen LogP contribution is 2.29. The fraction of sp³-hybridized carbons (Fsp3) is 0.368. The van der Waals surface area contributed by atoms with E-state index < -0.39 is 12.4 Å². The molecule has 0 unspecified atom stereocenters. The molecule has 0 aliphatic carbocycles. The maximum absolute atomic E-state index is 12.5. The monoisotopic (exact) mass is 402 g/mol. The molecule has 9 heteroatoms. The van der Waals surface area contributed by atoms with E-state index in [0.717, 1.165) is 15.0 Å². The topological polar surface area (TPSA) is 117 Å². The van der Waals surface area contributed by atoms with E-state index in [4.69, 9.17) is 10.8 Å². The van der Waals surface area contributed by atoms with Crippen LogP contribution in [-0.2, 0) is 14.4 Å². The van der Waals surface area contributed by atoms with Crippen LogP contribution >= 0.6 is 11.3 Å². The average Bonchev–Trinajstić information content (AvgIpc) is 3.09. The number of piperidine rings is 1. The molecule has 148 valence electrons. The fourth-order valence-electron chi connectivity index (χ4n) is 3.28. The zero-order chi connectivity index (χ0) is 20.3. The highest BCUT2D eigenvalue weighted by Gasteiger charge is 2.27. The zero-order valence-electron chi connectivity index (χ0n) is 15.5. The van der Waals surface area contributed by atoms with Crippen LogP contribution in [0.15, 0.2) is 24.4 Å². The number of thiophene rings is 1. The highest BCUT2D eigenvalue weighted by atomic mass is 32.1. The third kappa shape index (κ3) is 4.48. The summed E-state index contributed by atoms with van der Waals surface area (Å²) in [6, 6.07) is 3.83. The summed E-state index contributed by atoms with van der Waals surface area (Å²) in [5.41, 5.74) is 5.87. The van der Waals surface area contributed by atoms with Gasteiger partial charge in [-0.3, -0.25) is 14.4 Å². The van der Waals surface area contributed by atoms with Crippen LogP contribution < -0.4 is 5.73 Å². The summed E-state index contributed by atoms with van der Waals surface area (Å²) in [6.07, 6.45) is 5.75. The number of hydrogen-bond acceptors (Lipinski definition) is 6. The number of likely N-dealkylation sites (N-methyl/N-ethyl adjacent to an activating group) is 1. The molecule has 1 aliphatic heterocycles. The van der Waals surface area contributed by atoms with Gasteiger partial charge >= 0.3 is 5.97 Å². The van der Waals surface area contributed by atoms with Gasteiger partial charge in [0.2, 0.25) is 11.8 Å². The Labute approximate surface area is 166 Å². The van der Waals surface area contributed by atoms with Crippen LogP contribution in [-0.4, -0.2) is 63.9 Å². The van der Waals surface area contributed by atoms with Gasteiger partial charge in [-0.1, -0.05) is 0 Å². The van der Waals surface area contributed by atoms with Gasteiger partial charge in [0.1, 0.15) is 12.2 Å². The van der Waals surface area contributed by atoms with Crippen molar-refractivity contribution in [3.8, 4) is 0 Å². The number of hydrogen-bond donors (Lipinski definition) is 2. The summed E-state index contributed by atoms with van der Waals surface area (Å²) in [5.74, 6) is -1.14. The van der Waals surface area contributed by atoms with Crippen molar-refractivity contribution in [2.45, 2.75) is 25.3 Å². The molecule has 2 aromatic rings. The Hall–Kier alpha value is -2.94. The number of amides is 2. The first kappa shape index (κ1) is 19.8. The number of likely N-dealkylation sites (tertiary alicyclic amines) is 1. The molecular weight excluding hydrogens is 380 g/mol. The molecule has 0 saturated carbocycles. The van der Waals surface area contributed by atoms with E-state index in [2.05, 4.69) is 4.98 Å². The lowest BCUT2D eigenvalue weighted by Gasteiger charge is -2.36. The number of aliphatic carboxylic acids is 1. The summed E-state index contributed by atoms with van der Waals surface area (Å²) in [5, 5.41) is 9.61. The molecule has 1 saturated heterocycles. The summed E-state index contributed by atoms with van der Waals surface area (Å²) in [6.45, 7) is 0.918. The molecule has 8 nitrogen and oxygen atoms in total. The first-order valence-electron chi connectivity index (χ1n) is 8.93. The van der Waals surface area contributed by atoms with Gasteiger partial charge in [-0.25, -0.2) is 4.98 Å². The van der Waals surface area contributed by atoms with Crippen molar-refractivity contribution in [3.63, 3.8) is 0 Å². The number of carbonyl (C=O) groups excluding carboxylic acids is 2. The molecule has 0 spiro atoms. The molecule has 0 atom stereocenters. The van der Waals surface area contributed by atoms with Gasteiger partial charge in [0.25, 0.3) is 0 Å². The number of fused-ring (bicyclic) bond motifs is 1. The summed E-state index contributed by atoms with van der Waals surface area (Å²) in [7, 11) is 1.75. The SMILES string of the molecule is CN(C(=O)C=Cc1cc2c(N)nccc2s1)C1CCN(C(=O)CC(=O)O)CC1. The Morgan fingerprint density at radius 3 is 2.75 bits per heavy atom. The standard InChI is InChI=1S/C19H22N4O4S/c1-22(12-5-8-23(9-6-12)17(25)11-18(26)27)16(24)3-2-13-10-14-15(28-13)4-7-21-19(14)20/h2-4,7,10,12H,5-6,8-9,11H2,1H3,(H2,20,21)(H,26,27). The van der Waals surface area contributed by atoms with Gasteiger partial charge in [0, 0.05) is 53.4 Å². The zero-order valence-corrected chi connectivity index (χ0v) is 16.3. The summed E-state index contributed by atoms with van der Waals surface area (Å²) < 4.78 is 1.02. The minimum absolute atomic E-state index is 0.0216. The van der Waals surface area contributed by atoms with E-state index in [1.807, 2.05) is 12.1 Å².